The van der Waals surface area contributed by atoms with E-state index in [1.165, 1.54) is 0 Å². The molecule has 0 spiro atoms. The van der Waals surface area contributed by atoms with Crippen LogP contribution in [0.15, 0.2) is 54.6 Å². The number of benzene rings is 2. The molecule has 0 aliphatic carbocycles. The molecule has 0 fully saturated rings. The normalized spacial score (nSPS) is 16.1. The van der Waals surface area contributed by atoms with Crippen LogP contribution in [0.1, 0.15) is 16.7 Å². The van der Waals surface area contributed by atoms with Gasteiger partial charge in [0.2, 0.25) is 0 Å². The van der Waals surface area contributed by atoms with E-state index in [9.17, 15) is 4.79 Å². The average Bonchev–Trinajstić information content (AvgIpc) is 2.45. The quantitative estimate of drug-likeness (QED) is 0.634. The van der Waals surface area contributed by atoms with Gasteiger partial charge in [-0.2, -0.15) is 0 Å². The molecule has 19 heavy (non-hydrogen) atoms. The molecule has 0 aromatic heterocycles. The summed E-state index contributed by atoms with van der Waals surface area (Å²) >= 11 is 5.20. The van der Waals surface area contributed by atoms with Gasteiger partial charge in [-0.3, -0.25) is 4.79 Å². The van der Waals surface area contributed by atoms with E-state index in [2.05, 4.69) is 5.32 Å². The molecule has 2 nitrogen and oxygen atoms in total. The standard InChI is InChI=1S/C16H11NOS/c18-15-14(10-11-6-2-1-3-7-11)12-8-4-5-9-13(12)16(19)17-15/h1-10H,(H,17,18,19). The van der Waals surface area contributed by atoms with Crippen LogP contribution in [0.3, 0.4) is 0 Å². The summed E-state index contributed by atoms with van der Waals surface area (Å²) in [5.41, 5.74) is 3.44. The lowest BCUT2D eigenvalue weighted by atomic mass is 9.94. The molecule has 0 radical (unpaired) electrons. The van der Waals surface area contributed by atoms with E-state index in [0.717, 1.165) is 16.7 Å². The first-order valence-electron chi connectivity index (χ1n) is 5.97. The van der Waals surface area contributed by atoms with Crippen LogP contribution in [-0.4, -0.2) is 10.9 Å². The fourth-order valence-electron chi connectivity index (χ4n) is 2.14. The number of hydrogen-bond donors (Lipinski definition) is 1. The van der Waals surface area contributed by atoms with Crippen molar-refractivity contribution in [2.75, 3.05) is 0 Å². The second-order valence-corrected chi connectivity index (χ2v) is 4.71. The fourth-order valence-corrected chi connectivity index (χ4v) is 2.41. The summed E-state index contributed by atoms with van der Waals surface area (Å²) in [4.78, 5) is 12.6. The molecular formula is C16H11NOS. The Balaban J connectivity index is 2.16. The predicted molar refractivity (Wildman–Crippen MR) is 80.6 cm³/mol. The Labute approximate surface area is 116 Å². The van der Waals surface area contributed by atoms with Crippen molar-refractivity contribution in [3.63, 3.8) is 0 Å². The molecule has 1 heterocycles. The minimum Gasteiger partial charge on any atom is -0.312 e. The average molecular weight is 265 g/mol. The van der Waals surface area contributed by atoms with Crippen LogP contribution >= 0.6 is 12.2 Å². The number of thiocarbonyl (C=S) groups is 1. The highest BCUT2D eigenvalue weighted by Crippen LogP contribution is 2.26. The molecular weight excluding hydrogens is 254 g/mol. The molecule has 1 aliphatic rings. The first-order valence-corrected chi connectivity index (χ1v) is 6.38. The van der Waals surface area contributed by atoms with Crippen LogP contribution in [0, 0.1) is 0 Å². The smallest absolute Gasteiger partial charge is 0.256 e. The van der Waals surface area contributed by atoms with Gasteiger partial charge in [0.25, 0.3) is 5.91 Å². The van der Waals surface area contributed by atoms with E-state index in [1.807, 2.05) is 60.7 Å². The summed E-state index contributed by atoms with van der Waals surface area (Å²) in [6, 6.07) is 17.5. The fraction of sp³-hybridized carbons (Fsp3) is 0. The molecule has 0 saturated carbocycles. The van der Waals surface area contributed by atoms with Crippen molar-refractivity contribution in [1.29, 1.82) is 0 Å². The maximum Gasteiger partial charge on any atom is 0.256 e. The van der Waals surface area contributed by atoms with Crippen LogP contribution in [-0.2, 0) is 4.79 Å². The monoisotopic (exact) mass is 265 g/mol. The molecule has 3 heteroatoms. The summed E-state index contributed by atoms with van der Waals surface area (Å²) in [5.74, 6) is -0.146. The number of hydrogen-bond acceptors (Lipinski definition) is 2. The SMILES string of the molecule is O=C1NC(=S)c2ccccc2C1=Cc1ccccc1. The van der Waals surface area contributed by atoms with E-state index in [-0.39, 0.29) is 5.91 Å². The number of fused-ring (bicyclic) bond motifs is 1. The Morgan fingerprint density at radius 1 is 0.895 bits per heavy atom. The predicted octanol–water partition coefficient (Wildman–Crippen LogP) is 3.03. The third-order valence-corrected chi connectivity index (χ3v) is 3.37. The summed E-state index contributed by atoms with van der Waals surface area (Å²) < 4.78 is 0. The molecule has 0 saturated heterocycles. The molecule has 2 aromatic rings. The highest BCUT2D eigenvalue weighted by atomic mass is 32.1. The van der Waals surface area contributed by atoms with Crippen molar-refractivity contribution in [2.45, 2.75) is 0 Å². The highest BCUT2D eigenvalue weighted by Gasteiger charge is 2.23. The summed E-state index contributed by atoms with van der Waals surface area (Å²) in [7, 11) is 0. The molecule has 2 aromatic carbocycles. The van der Waals surface area contributed by atoms with Gasteiger partial charge >= 0.3 is 0 Å². The molecule has 3 rings (SSSR count). The van der Waals surface area contributed by atoms with E-state index in [0.29, 0.717) is 10.6 Å². The van der Waals surface area contributed by atoms with Crippen LogP contribution in [0.4, 0.5) is 0 Å². The van der Waals surface area contributed by atoms with Crippen molar-refractivity contribution in [2.24, 2.45) is 0 Å². The first-order chi connectivity index (χ1) is 9.25. The Bertz CT molecular complexity index is 689. The van der Waals surface area contributed by atoms with Crippen LogP contribution in [0.25, 0.3) is 11.6 Å². The Hall–Kier alpha value is -2.26. The van der Waals surface area contributed by atoms with Crippen LogP contribution < -0.4 is 5.32 Å². The Morgan fingerprint density at radius 2 is 1.53 bits per heavy atom. The van der Waals surface area contributed by atoms with Crippen molar-refractivity contribution in [1.82, 2.24) is 5.32 Å². The zero-order chi connectivity index (χ0) is 13.2. The molecule has 0 unspecified atom stereocenters. The second kappa shape index (κ2) is 4.78. The van der Waals surface area contributed by atoms with Crippen molar-refractivity contribution < 1.29 is 4.79 Å². The largest absolute Gasteiger partial charge is 0.312 e. The van der Waals surface area contributed by atoms with Gasteiger partial charge in [-0.25, -0.2) is 0 Å². The van der Waals surface area contributed by atoms with E-state index >= 15 is 0 Å². The van der Waals surface area contributed by atoms with Gasteiger partial charge < -0.3 is 5.32 Å². The molecule has 92 valence electrons. The lowest BCUT2D eigenvalue weighted by Gasteiger charge is -2.20. The third-order valence-electron chi connectivity index (χ3n) is 3.04. The lowest BCUT2D eigenvalue weighted by Crippen LogP contribution is -2.35. The minimum atomic E-state index is -0.146. The maximum absolute atomic E-state index is 12.1. The van der Waals surface area contributed by atoms with Crippen molar-refractivity contribution in [3.8, 4) is 0 Å². The molecule has 1 aliphatic heterocycles. The van der Waals surface area contributed by atoms with Crippen molar-refractivity contribution >= 4 is 34.8 Å². The van der Waals surface area contributed by atoms with Gasteiger partial charge in [-0.15, -0.1) is 0 Å². The summed E-state index contributed by atoms with van der Waals surface area (Å²) in [6.07, 6.45) is 1.88. The Morgan fingerprint density at radius 3 is 2.26 bits per heavy atom. The van der Waals surface area contributed by atoms with Crippen molar-refractivity contribution in [3.05, 3.63) is 71.3 Å². The Kier molecular flexibility index (Phi) is 2.97. The summed E-state index contributed by atoms with van der Waals surface area (Å²) in [6.45, 7) is 0. The second-order valence-electron chi connectivity index (χ2n) is 4.30. The van der Waals surface area contributed by atoms with Gasteiger partial charge in [-0.1, -0.05) is 66.8 Å². The van der Waals surface area contributed by atoms with E-state index in [4.69, 9.17) is 12.2 Å². The topological polar surface area (TPSA) is 29.1 Å². The lowest BCUT2D eigenvalue weighted by molar-refractivity contribution is -0.114. The number of carbonyl (C=O) groups is 1. The van der Waals surface area contributed by atoms with E-state index in [1.54, 1.807) is 0 Å². The molecule has 0 atom stereocenters. The van der Waals surface area contributed by atoms with Gasteiger partial charge in [0.1, 0.15) is 4.99 Å². The van der Waals surface area contributed by atoms with Gasteiger partial charge in [-0.05, 0) is 17.2 Å². The molecule has 1 N–H and O–H groups in total. The minimum absolute atomic E-state index is 0.146. The first kappa shape index (κ1) is 11.8. The molecule has 0 bridgehead atoms. The van der Waals surface area contributed by atoms with Crippen LogP contribution in [0.5, 0.6) is 0 Å². The zero-order valence-corrected chi connectivity index (χ0v) is 10.9. The number of nitrogens with one attached hydrogen (secondary N) is 1. The third kappa shape index (κ3) is 2.20. The van der Waals surface area contributed by atoms with Crippen LogP contribution in [0.2, 0.25) is 0 Å². The summed E-state index contributed by atoms with van der Waals surface area (Å²) in [5, 5.41) is 2.73. The number of amides is 1. The molecule has 1 amide bonds. The van der Waals surface area contributed by atoms with Gasteiger partial charge in [0.15, 0.2) is 0 Å². The van der Waals surface area contributed by atoms with E-state index < -0.39 is 0 Å². The van der Waals surface area contributed by atoms with Gasteiger partial charge in [0.05, 0.1) is 0 Å². The zero-order valence-electron chi connectivity index (χ0n) is 10.1. The van der Waals surface area contributed by atoms with Gasteiger partial charge in [0, 0.05) is 11.1 Å². The highest BCUT2D eigenvalue weighted by molar-refractivity contribution is 7.80. The maximum atomic E-state index is 12.1. The number of rotatable bonds is 1. The number of carbonyl (C=O) groups excluding carboxylic acids is 1.